The number of nitrogens with one attached hydrogen (secondary N) is 1. The van der Waals surface area contributed by atoms with Crippen LogP contribution in [0.4, 0.5) is 0 Å². The zero-order chi connectivity index (χ0) is 17.8. The van der Waals surface area contributed by atoms with Crippen molar-refractivity contribution >= 4 is 16.9 Å². The summed E-state index contributed by atoms with van der Waals surface area (Å²) < 4.78 is 2.13. The van der Waals surface area contributed by atoms with Crippen LogP contribution in [0.2, 0.25) is 0 Å². The maximum atomic E-state index is 11.4. The van der Waals surface area contributed by atoms with Gasteiger partial charge in [-0.05, 0) is 35.6 Å². The second-order valence-electron chi connectivity index (χ2n) is 6.46. The SMILES string of the molecule is CC(CC(=O)NO)c1ccc2c(c1)nc(CCc1ccccc1)n2C. The van der Waals surface area contributed by atoms with Crippen LogP contribution in [0.25, 0.3) is 11.0 Å². The van der Waals surface area contributed by atoms with Crippen LogP contribution in [-0.4, -0.2) is 20.7 Å². The van der Waals surface area contributed by atoms with Gasteiger partial charge in [0.05, 0.1) is 11.0 Å². The smallest absolute Gasteiger partial charge is 0.243 e. The summed E-state index contributed by atoms with van der Waals surface area (Å²) in [5.74, 6) is 0.695. The Bertz CT molecular complexity index is 871. The highest BCUT2D eigenvalue weighted by atomic mass is 16.5. The van der Waals surface area contributed by atoms with E-state index in [1.807, 2.05) is 32.2 Å². The zero-order valence-corrected chi connectivity index (χ0v) is 14.6. The van der Waals surface area contributed by atoms with Crippen LogP contribution in [0.1, 0.15) is 36.2 Å². The highest BCUT2D eigenvalue weighted by Gasteiger charge is 2.14. The normalized spacial score (nSPS) is 12.3. The molecule has 1 atom stereocenters. The minimum Gasteiger partial charge on any atom is -0.331 e. The first-order valence-corrected chi connectivity index (χ1v) is 8.50. The van der Waals surface area contributed by atoms with Crippen molar-refractivity contribution in [3.05, 3.63) is 65.5 Å². The second kappa shape index (κ2) is 7.49. The van der Waals surface area contributed by atoms with Gasteiger partial charge in [0.1, 0.15) is 5.82 Å². The fourth-order valence-corrected chi connectivity index (χ4v) is 3.14. The van der Waals surface area contributed by atoms with E-state index in [4.69, 9.17) is 10.2 Å². The van der Waals surface area contributed by atoms with E-state index < -0.39 is 0 Å². The molecule has 1 unspecified atom stereocenters. The van der Waals surface area contributed by atoms with Gasteiger partial charge in [0.2, 0.25) is 5.91 Å². The number of rotatable bonds is 6. The predicted molar refractivity (Wildman–Crippen MR) is 97.5 cm³/mol. The molecule has 0 radical (unpaired) electrons. The van der Waals surface area contributed by atoms with Crippen LogP contribution in [-0.2, 0) is 24.7 Å². The molecule has 5 heteroatoms. The standard InChI is InChI=1S/C20H23N3O2/c1-14(12-20(24)22-25)16-9-10-18-17(13-16)21-19(23(18)2)11-8-15-6-4-3-5-7-15/h3-7,9-10,13-14,25H,8,11-12H2,1-2H3,(H,22,24). The molecular formula is C20H23N3O2. The van der Waals surface area contributed by atoms with Crippen molar-refractivity contribution in [3.8, 4) is 0 Å². The van der Waals surface area contributed by atoms with E-state index in [9.17, 15) is 4.79 Å². The van der Waals surface area contributed by atoms with Crippen molar-refractivity contribution in [2.45, 2.75) is 32.1 Å². The molecule has 0 aliphatic rings. The molecule has 2 N–H and O–H groups in total. The van der Waals surface area contributed by atoms with Gasteiger partial charge < -0.3 is 4.57 Å². The minimum atomic E-state index is -0.378. The summed E-state index contributed by atoms with van der Waals surface area (Å²) in [6.07, 6.45) is 2.08. The van der Waals surface area contributed by atoms with Crippen LogP contribution in [0.15, 0.2) is 48.5 Å². The molecule has 0 spiro atoms. The van der Waals surface area contributed by atoms with Crippen molar-refractivity contribution in [2.75, 3.05) is 0 Å². The van der Waals surface area contributed by atoms with E-state index >= 15 is 0 Å². The van der Waals surface area contributed by atoms with Gasteiger partial charge >= 0.3 is 0 Å². The van der Waals surface area contributed by atoms with Crippen molar-refractivity contribution in [1.82, 2.24) is 15.0 Å². The third-order valence-corrected chi connectivity index (χ3v) is 4.66. The molecule has 1 amide bonds. The Morgan fingerprint density at radius 2 is 1.96 bits per heavy atom. The van der Waals surface area contributed by atoms with Crippen LogP contribution in [0.3, 0.4) is 0 Å². The van der Waals surface area contributed by atoms with Gasteiger partial charge in [0.25, 0.3) is 0 Å². The van der Waals surface area contributed by atoms with Gasteiger partial charge in [0.15, 0.2) is 0 Å². The van der Waals surface area contributed by atoms with E-state index in [-0.39, 0.29) is 18.2 Å². The lowest BCUT2D eigenvalue weighted by Crippen LogP contribution is -2.20. The fraction of sp³-hybridized carbons (Fsp3) is 0.300. The maximum absolute atomic E-state index is 11.4. The zero-order valence-electron chi connectivity index (χ0n) is 14.6. The molecule has 0 fully saturated rings. The van der Waals surface area contributed by atoms with Crippen molar-refractivity contribution in [1.29, 1.82) is 0 Å². The average molecular weight is 337 g/mol. The molecule has 2 aromatic carbocycles. The molecule has 5 nitrogen and oxygen atoms in total. The molecule has 3 rings (SSSR count). The monoisotopic (exact) mass is 337 g/mol. The van der Waals surface area contributed by atoms with E-state index in [1.54, 1.807) is 5.48 Å². The van der Waals surface area contributed by atoms with E-state index in [1.165, 1.54) is 5.56 Å². The molecule has 1 heterocycles. The Labute approximate surface area is 147 Å². The van der Waals surface area contributed by atoms with Gasteiger partial charge in [-0.1, -0.05) is 43.3 Å². The summed E-state index contributed by atoms with van der Waals surface area (Å²) >= 11 is 0. The summed E-state index contributed by atoms with van der Waals surface area (Å²) in [7, 11) is 2.04. The highest BCUT2D eigenvalue weighted by Crippen LogP contribution is 2.24. The average Bonchev–Trinajstić information content (AvgIpc) is 2.96. The topological polar surface area (TPSA) is 67.2 Å². The molecule has 0 aliphatic carbocycles. The second-order valence-corrected chi connectivity index (χ2v) is 6.46. The molecule has 0 saturated carbocycles. The molecule has 0 saturated heterocycles. The number of fused-ring (bicyclic) bond motifs is 1. The number of amides is 1. The van der Waals surface area contributed by atoms with E-state index in [0.717, 1.165) is 35.3 Å². The lowest BCUT2D eigenvalue weighted by Gasteiger charge is -2.10. The number of aromatic nitrogens is 2. The number of hydrogen-bond donors (Lipinski definition) is 2. The number of hydrogen-bond acceptors (Lipinski definition) is 3. The molecular weight excluding hydrogens is 314 g/mol. The lowest BCUT2D eigenvalue weighted by atomic mass is 9.97. The van der Waals surface area contributed by atoms with Crippen molar-refractivity contribution < 1.29 is 10.0 Å². The summed E-state index contributed by atoms with van der Waals surface area (Å²) in [6, 6.07) is 16.5. The Hall–Kier alpha value is -2.66. The van der Waals surface area contributed by atoms with Gasteiger partial charge in [-0.25, -0.2) is 10.5 Å². The number of hydroxylamine groups is 1. The number of nitrogens with zero attached hydrogens (tertiary/aromatic N) is 2. The Balaban J connectivity index is 1.80. The van der Waals surface area contributed by atoms with Crippen LogP contribution < -0.4 is 5.48 Å². The number of aryl methyl sites for hydroxylation is 3. The van der Waals surface area contributed by atoms with Gasteiger partial charge in [-0.15, -0.1) is 0 Å². The van der Waals surface area contributed by atoms with Crippen molar-refractivity contribution in [3.63, 3.8) is 0 Å². The lowest BCUT2D eigenvalue weighted by molar-refractivity contribution is -0.129. The number of carbonyl (C=O) groups excluding carboxylic acids is 1. The molecule has 3 aromatic rings. The number of carbonyl (C=O) groups is 1. The molecule has 0 aliphatic heterocycles. The van der Waals surface area contributed by atoms with Crippen LogP contribution in [0.5, 0.6) is 0 Å². The third kappa shape index (κ3) is 3.88. The largest absolute Gasteiger partial charge is 0.331 e. The summed E-state index contributed by atoms with van der Waals surface area (Å²) in [5.41, 5.74) is 6.07. The maximum Gasteiger partial charge on any atom is 0.243 e. The first-order chi connectivity index (χ1) is 12.1. The molecule has 0 bridgehead atoms. The predicted octanol–water partition coefficient (Wildman–Crippen LogP) is 3.36. The van der Waals surface area contributed by atoms with Crippen LogP contribution in [0, 0.1) is 0 Å². The van der Waals surface area contributed by atoms with E-state index in [0.29, 0.717) is 0 Å². The van der Waals surface area contributed by atoms with Gasteiger partial charge in [-0.3, -0.25) is 10.0 Å². The highest BCUT2D eigenvalue weighted by molar-refractivity contribution is 5.78. The molecule has 130 valence electrons. The Morgan fingerprint density at radius 1 is 1.20 bits per heavy atom. The molecule has 1 aromatic heterocycles. The Kier molecular flexibility index (Phi) is 5.14. The first kappa shape index (κ1) is 17.2. The van der Waals surface area contributed by atoms with E-state index in [2.05, 4.69) is 34.9 Å². The van der Waals surface area contributed by atoms with Crippen LogP contribution >= 0.6 is 0 Å². The number of imidazole rings is 1. The van der Waals surface area contributed by atoms with Crippen molar-refractivity contribution in [2.24, 2.45) is 7.05 Å². The molecule has 25 heavy (non-hydrogen) atoms. The van der Waals surface area contributed by atoms with Gasteiger partial charge in [-0.2, -0.15) is 0 Å². The Morgan fingerprint density at radius 3 is 2.68 bits per heavy atom. The van der Waals surface area contributed by atoms with Gasteiger partial charge in [0, 0.05) is 19.9 Å². The fourth-order valence-electron chi connectivity index (χ4n) is 3.14. The summed E-state index contributed by atoms with van der Waals surface area (Å²) in [4.78, 5) is 16.1. The first-order valence-electron chi connectivity index (χ1n) is 8.50. The summed E-state index contributed by atoms with van der Waals surface area (Å²) in [5, 5.41) is 8.68. The quantitative estimate of drug-likeness (QED) is 0.535. The third-order valence-electron chi connectivity index (χ3n) is 4.66. The minimum absolute atomic E-state index is 0.0197. The number of benzene rings is 2. The summed E-state index contributed by atoms with van der Waals surface area (Å²) in [6.45, 7) is 1.97.